The van der Waals surface area contributed by atoms with Crippen molar-refractivity contribution < 1.29 is 9.53 Å². The van der Waals surface area contributed by atoms with E-state index in [9.17, 15) is 4.79 Å². The molecule has 1 saturated carbocycles. The van der Waals surface area contributed by atoms with E-state index in [-0.39, 0.29) is 29.8 Å². The molecule has 1 aliphatic carbocycles. The van der Waals surface area contributed by atoms with Gasteiger partial charge in [0, 0.05) is 24.3 Å². The molecule has 3 atom stereocenters. The Kier molecular flexibility index (Phi) is 8.27. The van der Waals surface area contributed by atoms with Crippen LogP contribution >= 0.6 is 24.2 Å². The van der Waals surface area contributed by atoms with Crippen LogP contribution < -0.4 is 10.6 Å². The van der Waals surface area contributed by atoms with Crippen LogP contribution in [0.15, 0.2) is 29.2 Å². The van der Waals surface area contributed by atoms with Crippen molar-refractivity contribution in [1.82, 2.24) is 10.6 Å². The summed E-state index contributed by atoms with van der Waals surface area (Å²) < 4.78 is 5.09. The molecule has 4 nitrogen and oxygen atoms in total. The monoisotopic (exact) mass is 398 g/mol. The quantitative estimate of drug-likeness (QED) is 0.541. The van der Waals surface area contributed by atoms with E-state index >= 15 is 0 Å². The fraction of sp³-hybridized carbons (Fsp3) is 0.650. The SMILES string of the molecule is COCCSc1ccc(C(C)NC(=O)[C@@]23CCCC[C@H]2CNC3)cc1.Cl. The molecule has 1 heterocycles. The van der Waals surface area contributed by atoms with Crippen LogP contribution in [0.25, 0.3) is 0 Å². The molecule has 146 valence electrons. The number of ether oxygens (including phenoxy) is 1. The Morgan fingerprint density at radius 1 is 1.38 bits per heavy atom. The number of carbonyl (C=O) groups is 1. The fourth-order valence-electron chi connectivity index (χ4n) is 4.21. The minimum Gasteiger partial charge on any atom is -0.384 e. The average molecular weight is 399 g/mol. The van der Waals surface area contributed by atoms with E-state index in [1.807, 2.05) is 0 Å². The Morgan fingerprint density at radius 3 is 2.88 bits per heavy atom. The highest BCUT2D eigenvalue weighted by atomic mass is 35.5. The molecule has 0 aromatic heterocycles. The lowest BCUT2D eigenvalue weighted by molar-refractivity contribution is -0.134. The zero-order valence-electron chi connectivity index (χ0n) is 15.8. The van der Waals surface area contributed by atoms with Gasteiger partial charge in [0.1, 0.15) is 0 Å². The molecule has 1 aromatic rings. The van der Waals surface area contributed by atoms with Crippen molar-refractivity contribution in [2.24, 2.45) is 11.3 Å². The highest BCUT2D eigenvalue weighted by Gasteiger charge is 2.49. The number of methoxy groups -OCH3 is 1. The minimum absolute atomic E-state index is 0. The fourth-order valence-corrected chi connectivity index (χ4v) is 5.02. The number of rotatable bonds is 7. The maximum absolute atomic E-state index is 13.1. The summed E-state index contributed by atoms with van der Waals surface area (Å²) in [4.78, 5) is 14.3. The van der Waals surface area contributed by atoms with E-state index < -0.39 is 0 Å². The maximum Gasteiger partial charge on any atom is 0.228 e. The zero-order valence-corrected chi connectivity index (χ0v) is 17.4. The number of hydrogen-bond acceptors (Lipinski definition) is 4. The van der Waals surface area contributed by atoms with Crippen LogP contribution in [0.1, 0.15) is 44.2 Å². The third-order valence-electron chi connectivity index (χ3n) is 5.77. The van der Waals surface area contributed by atoms with Gasteiger partial charge in [0.05, 0.1) is 18.1 Å². The second kappa shape index (κ2) is 9.98. The van der Waals surface area contributed by atoms with Crippen LogP contribution in [0.3, 0.4) is 0 Å². The van der Waals surface area contributed by atoms with E-state index in [0.29, 0.717) is 5.92 Å². The van der Waals surface area contributed by atoms with Crippen molar-refractivity contribution in [2.45, 2.75) is 43.5 Å². The first-order valence-corrected chi connectivity index (χ1v) is 10.4. The largest absolute Gasteiger partial charge is 0.384 e. The number of halogens is 1. The molecule has 2 aliphatic rings. The summed E-state index contributed by atoms with van der Waals surface area (Å²) >= 11 is 1.79. The number of fused-ring (bicyclic) bond motifs is 1. The Morgan fingerprint density at radius 2 is 2.15 bits per heavy atom. The topological polar surface area (TPSA) is 50.4 Å². The molecule has 26 heavy (non-hydrogen) atoms. The van der Waals surface area contributed by atoms with E-state index in [1.165, 1.54) is 29.7 Å². The highest BCUT2D eigenvalue weighted by Crippen LogP contribution is 2.44. The number of amides is 1. The van der Waals surface area contributed by atoms with Crippen molar-refractivity contribution in [2.75, 3.05) is 32.6 Å². The summed E-state index contributed by atoms with van der Waals surface area (Å²) in [7, 11) is 1.73. The van der Waals surface area contributed by atoms with E-state index in [4.69, 9.17) is 4.74 Å². The van der Waals surface area contributed by atoms with Gasteiger partial charge in [-0.05, 0) is 49.9 Å². The standard InChI is InChI=1S/C20H30N2O2S.ClH/c1-15(16-6-8-18(9-7-16)25-12-11-24-2)22-19(23)20-10-4-3-5-17(20)13-21-14-20;/h6-9,15,17,21H,3-5,10-14H2,1-2H3,(H,22,23);1H/t15?,17-,20+;/m0./s1. The predicted octanol–water partition coefficient (Wildman–Crippen LogP) is 3.80. The number of thioether (sulfide) groups is 1. The van der Waals surface area contributed by atoms with Gasteiger partial charge in [0.15, 0.2) is 0 Å². The van der Waals surface area contributed by atoms with Crippen LogP contribution in [0.5, 0.6) is 0 Å². The van der Waals surface area contributed by atoms with Crippen molar-refractivity contribution in [3.63, 3.8) is 0 Å². The first kappa shape index (κ1) is 21.5. The second-order valence-electron chi connectivity index (χ2n) is 7.34. The zero-order chi connectivity index (χ0) is 17.7. The molecular weight excluding hydrogens is 368 g/mol. The van der Waals surface area contributed by atoms with E-state index in [0.717, 1.165) is 31.9 Å². The first-order valence-electron chi connectivity index (χ1n) is 9.39. The molecule has 1 amide bonds. The summed E-state index contributed by atoms with van der Waals surface area (Å²) in [5.74, 6) is 1.71. The van der Waals surface area contributed by atoms with Crippen LogP contribution in [-0.2, 0) is 9.53 Å². The van der Waals surface area contributed by atoms with Gasteiger partial charge >= 0.3 is 0 Å². The van der Waals surface area contributed by atoms with Crippen LogP contribution in [0.2, 0.25) is 0 Å². The summed E-state index contributed by atoms with van der Waals surface area (Å²) in [5, 5.41) is 6.75. The Balaban J connectivity index is 0.00000243. The normalized spacial score (nSPS) is 25.8. The Labute approximate surface area is 167 Å². The molecule has 1 aromatic carbocycles. The predicted molar refractivity (Wildman–Crippen MR) is 110 cm³/mol. The van der Waals surface area contributed by atoms with Crippen LogP contribution in [0, 0.1) is 11.3 Å². The third kappa shape index (κ3) is 4.75. The van der Waals surface area contributed by atoms with Gasteiger partial charge in [-0.25, -0.2) is 0 Å². The molecule has 2 N–H and O–H groups in total. The van der Waals surface area contributed by atoms with Crippen molar-refractivity contribution in [3.8, 4) is 0 Å². The van der Waals surface area contributed by atoms with Gasteiger partial charge in [0.2, 0.25) is 5.91 Å². The van der Waals surface area contributed by atoms with Crippen molar-refractivity contribution in [1.29, 1.82) is 0 Å². The summed E-state index contributed by atoms with van der Waals surface area (Å²) in [6.07, 6.45) is 4.65. The molecule has 0 radical (unpaired) electrons. The number of benzene rings is 1. The van der Waals surface area contributed by atoms with Gasteiger partial charge in [-0.15, -0.1) is 24.2 Å². The van der Waals surface area contributed by atoms with E-state index in [2.05, 4.69) is 41.8 Å². The summed E-state index contributed by atoms with van der Waals surface area (Å²) in [5.41, 5.74) is 0.988. The summed E-state index contributed by atoms with van der Waals surface area (Å²) in [6.45, 7) is 4.68. The third-order valence-corrected chi connectivity index (χ3v) is 6.75. The van der Waals surface area contributed by atoms with Gasteiger partial charge in [-0.1, -0.05) is 25.0 Å². The van der Waals surface area contributed by atoms with Gasteiger partial charge in [-0.2, -0.15) is 0 Å². The Hall–Kier alpha value is -0.750. The van der Waals surface area contributed by atoms with Crippen LogP contribution in [0.4, 0.5) is 0 Å². The lowest BCUT2D eigenvalue weighted by Gasteiger charge is -2.38. The smallest absolute Gasteiger partial charge is 0.228 e. The lowest BCUT2D eigenvalue weighted by atomic mass is 9.67. The summed E-state index contributed by atoms with van der Waals surface area (Å²) in [6, 6.07) is 8.57. The number of carbonyl (C=O) groups excluding carboxylic acids is 1. The van der Waals surface area contributed by atoms with Gasteiger partial charge in [-0.3, -0.25) is 4.79 Å². The maximum atomic E-state index is 13.1. The minimum atomic E-state index is -0.178. The number of hydrogen-bond donors (Lipinski definition) is 2. The molecular formula is C20H31ClN2O2S. The molecule has 3 rings (SSSR count). The van der Waals surface area contributed by atoms with Crippen molar-refractivity contribution >= 4 is 30.1 Å². The molecule has 2 fully saturated rings. The molecule has 6 heteroatoms. The molecule has 0 spiro atoms. The first-order chi connectivity index (χ1) is 12.2. The number of nitrogens with one attached hydrogen (secondary N) is 2. The molecule has 0 bridgehead atoms. The molecule has 1 unspecified atom stereocenters. The van der Waals surface area contributed by atoms with E-state index in [1.54, 1.807) is 18.9 Å². The molecule has 1 saturated heterocycles. The molecule has 1 aliphatic heterocycles. The van der Waals surface area contributed by atoms with Gasteiger partial charge < -0.3 is 15.4 Å². The van der Waals surface area contributed by atoms with Crippen molar-refractivity contribution in [3.05, 3.63) is 29.8 Å². The lowest BCUT2D eigenvalue weighted by Crippen LogP contribution is -2.48. The Bertz CT molecular complexity index is 584. The van der Waals surface area contributed by atoms with Crippen LogP contribution in [-0.4, -0.2) is 38.5 Å². The second-order valence-corrected chi connectivity index (χ2v) is 8.50. The average Bonchev–Trinajstić information content (AvgIpc) is 3.08. The highest BCUT2D eigenvalue weighted by molar-refractivity contribution is 7.99. The van der Waals surface area contributed by atoms with Gasteiger partial charge in [0.25, 0.3) is 0 Å².